The second-order valence-corrected chi connectivity index (χ2v) is 5.65. The van der Waals surface area contributed by atoms with E-state index in [1.165, 1.54) is 0 Å². The summed E-state index contributed by atoms with van der Waals surface area (Å²) >= 11 is 0. The molecule has 0 spiro atoms. The van der Waals surface area contributed by atoms with Crippen molar-refractivity contribution in [1.82, 2.24) is 15.2 Å². The Bertz CT molecular complexity index is 986. The van der Waals surface area contributed by atoms with Crippen LogP contribution in [0.15, 0.2) is 36.5 Å². The molecule has 0 radical (unpaired) electrons. The molecule has 2 aliphatic rings. The minimum atomic E-state index is 0.710. The summed E-state index contributed by atoms with van der Waals surface area (Å²) in [6.45, 7) is 2.02. The molecule has 1 aliphatic heterocycles. The van der Waals surface area contributed by atoms with Gasteiger partial charge in [0, 0.05) is 17.1 Å². The van der Waals surface area contributed by atoms with Gasteiger partial charge in [-0.1, -0.05) is 6.07 Å². The minimum Gasteiger partial charge on any atom is -0.493 e. The highest BCUT2D eigenvalue weighted by molar-refractivity contribution is 6.05. The van der Waals surface area contributed by atoms with Gasteiger partial charge < -0.3 is 14.8 Å². The predicted octanol–water partition coefficient (Wildman–Crippen LogP) is 4.07. The molecule has 0 bridgehead atoms. The molecule has 1 aromatic carbocycles. The fourth-order valence-electron chi connectivity index (χ4n) is 2.96. The van der Waals surface area contributed by atoms with Gasteiger partial charge in [0.25, 0.3) is 0 Å². The lowest BCUT2D eigenvalue weighted by Gasteiger charge is -2.07. The van der Waals surface area contributed by atoms with Gasteiger partial charge in [0.1, 0.15) is 11.6 Å². The SMILES string of the molecule is COc1cc2cc3c(Nc4ncccc4C)[nH][nH]c-3c2cc1OC. The number of fused-ring (bicyclic) bond motifs is 3. The van der Waals surface area contributed by atoms with E-state index in [4.69, 9.17) is 9.47 Å². The highest BCUT2D eigenvalue weighted by Gasteiger charge is 2.19. The Balaban J connectivity index is 1.81. The Morgan fingerprint density at radius 1 is 1.04 bits per heavy atom. The van der Waals surface area contributed by atoms with E-state index in [9.17, 15) is 0 Å². The molecule has 2 aromatic rings. The van der Waals surface area contributed by atoms with Crippen molar-refractivity contribution in [3.05, 3.63) is 42.1 Å². The monoisotopic (exact) mass is 322 g/mol. The molecule has 122 valence electrons. The van der Waals surface area contributed by atoms with Crippen molar-refractivity contribution >= 4 is 22.4 Å². The molecule has 0 amide bonds. The largest absolute Gasteiger partial charge is 0.493 e. The quantitative estimate of drug-likeness (QED) is 0.529. The molecule has 0 atom stereocenters. The summed E-state index contributed by atoms with van der Waals surface area (Å²) in [5.41, 5.74) is 3.16. The Morgan fingerprint density at radius 2 is 1.83 bits per heavy atom. The number of benzene rings is 1. The van der Waals surface area contributed by atoms with Crippen molar-refractivity contribution in [2.24, 2.45) is 0 Å². The zero-order chi connectivity index (χ0) is 16.7. The standard InChI is InChI=1S/C18H18N4O2/c1-10-5-4-6-19-17(10)20-18-13-7-11-8-14(23-2)15(24-3)9-12(11)16(13)21-22-18/h4-9,21-22H,1-3H3,(H,19,20). The molecule has 2 heterocycles. The van der Waals surface area contributed by atoms with Crippen molar-refractivity contribution < 1.29 is 9.47 Å². The lowest BCUT2D eigenvalue weighted by molar-refractivity contribution is 0.356. The van der Waals surface area contributed by atoms with E-state index in [1.54, 1.807) is 20.4 Å². The lowest BCUT2D eigenvalue weighted by Crippen LogP contribution is -1.96. The zero-order valence-corrected chi connectivity index (χ0v) is 13.7. The van der Waals surface area contributed by atoms with E-state index in [0.29, 0.717) is 5.75 Å². The summed E-state index contributed by atoms with van der Waals surface area (Å²) < 4.78 is 10.8. The van der Waals surface area contributed by atoms with Crippen LogP contribution in [0.3, 0.4) is 0 Å². The van der Waals surface area contributed by atoms with Crippen molar-refractivity contribution in [2.45, 2.75) is 6.92 Å². The van der Waals surface area contributed by atoms with Gasteiger partial charge in [-0.3, -0.25) is 10.2 Å². The Hall–Kier alpha value is -3.15. The summed E-state index contributed by atoms with van der Waals surface area (Å²) in [5, 5.41) is 11.9. The number of aryl methyl sites for hydroxylation is 1. The number of rotatable bonds is 4. The van der Waals surface area contributed by atoms with Crippen molar-refractivity contribution in [1.29, 1.82) is 0 Å². The number of H-pyrrole nitrogens is 2. The molecule has 0 unspecified atom stereocenters. The molecule has 1 aromatic heterocycles. The Morgan fingerprint density at radius 3 is 2.58 bits per heavy atom. The molecular formula is C18H18N4O2. The van der Waals surface area contributed by atoms with Gasteiger partial charge in [-0.25, -0.2) is 4.98 Å². The third-order valence-corrected chi connectivity index (χ3v) is 4.23. The summed E-state index contributed by atoms with van der Waals surface area (Å²) in [7, 11) is 3.28. The first-order valence-electron chi connectivity index (χ1n) is 7.64. The highest BCUT2D eigenvalue weighted by Crippen LogP contribution is 2.42. The summed E-state index contributed by atoms with van der Waals surface area (Å²) in [4.78, 5) is 4.38. The second-order valence-electron chi connectivity index (χ2n) is 5.65. The molecular weight excluding hydrogens is 304 g/mol. The molecule has 1 aliphatic carbocycles. The number of pyridine rings is 1. The molecule has 6 nitrogen and oxygen atoms in total. The van der Waals surface area contributed by atoms with Crippen LogP contribution < -0.4 is 14.8 Å². The molecule has 24 heavy (non-hydrogen) atoms. The summed E-state index contributed by atoms with van der Waals surface area (Å²) in [5.74, 6) is 3.13. The number of nitrogens with zero attached hydrogens (tertiary/aromatic N) is 1. The first-order valence-corrected chi connectivity index (χ1v) is 7.64. The third-order valence-electron chi connectivity index (χ3n) is 4.23. The topological polar surface area (TPSA) is 75.0 Å². The van der Waals surface area contributed by atoms with E-state index in [2.05, 4.69) is 26.6 Å². The molecule has 4 rings (SSSR count). The zero-order valence-electron chi connectivity index (χ0n) is 13.7. The van der Waals surface area contributed by atoms with Crippen molar-refractivity contribution in [3.8, 4) is 22.8 Å². The number of nitrogens with one attached hydrogen (secondary N) is 3. The van der Waals surface area contributed by atoms with Crippen LogP contribution >= 0.6 is 0 Å². The minimum absolute atomic E-state index is 0.710. The predicted molar refractivity (Wildman–Crippen MR) is 94.6 cm³/mol. The van der Waals surface area contributed by atoms with Crippen LogP contribution in [0.2, 0.25) is 0 Å². The van der Waals surface area contributed by atoms with Crippen LogP contribution in [0.4, 0.5) is 11.6 Å². The second kappa shape index (κ2) is 5.49. The third kappa shape index (κ3) is 2.15. The highest BCUT2D eigenvalue weighted by atomic mass is 16.5. The van der Waals surface area contributed by atoms with Crippen LogP contribution in [0, 0.1) is 6.92 Å². The molecule has 0 saturated heterocycles. The molecule has 0 fully saturated rings. The van der Waals surface area contributed by atoms with Crippen LogP contribution in [0.25, 0.3) is 22.0 Å². The number of ether oxygens (including phenoxy) is 2. The number of aromatic nitrogens is 3. The molecule has 6 heteroatoms. The molecule has 3 N–H and O–H groups in total. The maximum atomic E-state index is 5.41. The normalized spacial score (nSPS) is 11.1. The van der Waals surface area contributed by atoms with Crippen LogP contribution in [0.1, 0.15) is 5.56 Å². The van der Waals surface area contributed by atoms with Crippen LogP contribution in [-0.2, 0) is 0 Å². The van der Waals surface area contributed by atoms with Crippen molar-refractivity contribution in [2.75, 3.05) is 19.5 Å². The lowest BCUT2D eigenvalue weighted by atomic mass is 10.2. The molecule has 0 saturated carbocycles. The first kappa shape index (κ1) is 14.4. The van der Waals surface area contributed by atoms with Gasteiger partial charge in [0.15, 0.2) is 11.5 Å². The maximum absolute atomic E-state index is 5.41. The average Bonchev–Trinajstić information content (AvgIpc) is 3.15. The number of hydrogen-bond acceptors (Lipinski definition) is 4. The number of anilines is 2. The van der Waals surface area contributed by atoms with Crippen LogP contribution in [-0.4, -0.2) is 29.4 Å². The average molecular weight is 322 g/mol. The van der Waals surface area contributed by atoms with E-state index in [-0.39, 0.29) is 0 Å². The number of methoxy groups -OCH3 is 2. The fourth-order valence-corrected chi connectivity index (χ4v) is 2.96. The Kier molecular flexibility index (Phi) is 3.30. The Labute approximate surface area is 139 Å². The van der Waals surface area contributed by atoms with Gasteiger partial charge in [-0.15, -0.1) is 0 Å². The maximum Gasteiger partial charge on any atom is 0.161 e. The van der Waals surface area contributed by atoms with Gasteiger partial charge in [-0.05, 0) is 42.1 Å². The number of hydrogen-bond donors (Lipinski definition) is 3. The van der Waals surface area contributed by atoms with E-state index in [0.717, 1.165) is 45.0 Å². The van der Waals surface area contributed by atoms with Crippen molar-refractivity contribution in [3.63, 3.8) is 0 Å². The van der Waals surface area contributed by atoms with Gasteiger partial charge in [0.05, 0.1) is 19.9 Å². The van der Waals surface area contributed by atoms with E-state index < -0.39 is 0 Å². The first-order chi connectivity index (χ1) is 11.7. The summed E-state index contributed by atoms with van der Waals surface area (Å²) in [6.07, 6.45) is 1.77. The fraction of sp³-hybridized carbons (Fsp3) is 0.167. The van der Waals surface area contributed by atoms with E-state index >= 15 is 0 Å². The number of aromatic amines is 2. The smallest absolute Gasteiger partial charge is 0.161 e. The van der Waals surface area contributed by atoms with Gasteiger partial charge in [0.2, 0.25) is 0 Å². The summed E-state index contributed by atoms with van der Waals surface area (Å²) in [6, 6.07) is 10.0. The van der Waals surface area contributed by atoms with Gasteiger partial charge >= 0.3 is 0 Å². The van der Waals surface area contributed by atoms with E-state index in [1.807, 2.05) is 31.2 Å². The van der Waals surface area contributed by atoms with Crippen LogP contribution in [0.5, 0.6) is 11.5 Å². The van der Waals surface area contributed by atoms with Gasteiger partial charge in [-0.2, -0.15) is 0 Å².